The zero-order valence-corrected chi connectivity index (χ0v) is 10.2. The highest BCUT2D eigenvalue weighted by Crippen LogP contribution is 2.23. The molecule has 112 valence electrons. The topological polar surface area (TPSA) is 104 Å². The molecule has 0 saturated heterocycles. The normalized spacial score (nSPS) is 11.6. The number of hydrogen-bond donors (Lipinski definition) is 3. The van der Waals surface area contributed by atoms with Crippen LogP contribution in [-0.2, 0) is 11.4 Å². The molecular formula is C11H8F3N3O4. The number of aromatic carboxylic acids is 1. The summed E-state index contributed by atoms with van der Waals surface area (Å²) in [5.41, 5.74) is -0.413. The average Bonchev–Trinajstić information content (AvgIpc) is 2.76. The zero-order valence-electron chi connectivity index (χ0n) is 10.2. The minimum Gasteiger partial charge on any atom is -0.476 e. The Kier molecular flexibility index (Phi) is 3.56. The molecule has 0 aliphatic rings. The van der Waals surface area contributed by atoms with Gasteiger partial charge < -0.3 is 15.5 Å². The fourth-order valence-corrected chi connectivity index (χ4v) is 1.63. The lowest BCUT2D eigenvalue weighted by atomic mass is 10.3. The molecule has 10 heteroatoms. The summed E-state index contributed by atoms with van der Waals surface area (Å²) in [5, 5.41) is 19.4. The van der Waals surface area contributed by atoms with Crippen LogP contribution in [0.5, 0.6) is 0 Å². The quantitative estimate of drug-likeness (QED) is 0.785. The Hall–Kier alpha value is -2.62. The van der Waals surface area contributed by atoms with Crippen molar-refractivity contribution in [2.45, 2.75) is 12.8 Å². The standard InChI is InChI=1S/C11H8F3N3O4/c12-11(13,14)10(21)16-8-7(9(19)20)15-6-2-1-5(4-18)3-17(6)8/h1-3,18H,4H2,(H,16,21)(H,19,20). The molecule has 7 nitrogen and oxygen atoms in total. The number of carbonyl (C=O) groups is 2. The maximum Gasteiger partial charge on any atom is 0.471 e. The molecule has 0 aliphatic carbocycles. The van der Waals surface area contributed by atoms with Gasteiger partial charge in [-0.2, -0.15) is 13.2 Å². The van der Waals surface area contributed by atoms with E-state index in [1.54, 1.807) is 0 Å². The van der Waals surface area contributed by atoms with Gasteiger partial charge in [0.25, 0.3) is 0 Å². The molecule has 2 heterocycles. The van der Waals surface area contributed by atoms with Crippen molar-refractivity contribution in [2.75, 3.05) is 5.32 Å². The number of hydrogen-bond acceptors (Lipinski definition) is 4. The first-order valence-corrected chi connectivity index (χ1v) is 5.47. The van der Waals surface area contributed by atoms with Gasteiger partial charge in [-0.25, -0.2) is 9.78 Å². The fraction of sp³-hybridized carbons (Fsp3) is 0.182. The molecule has 0 radical (unpaired) electrons. The number of carboxylic acid groups (broad SMARTS) is 1. The summed E-state index contributed by atoms with van der Waals surface area (Å²) in [7, 11) is 0. The van der Waals surface area contributed by atoms with Crippen LogP contribution in [0, 0.1) is 0 Å². The summed E-state index contributed by atoms with van der Waals surface area (Å²) in [6, 6.07) is 2.73. The van der Waals surface area contributed by atoms with Crippen LogP contribution >= 0.6 is 0 Å². The van der Waals surface area contributed by atoms with Crippen LogP contribution in [0.2, 0.25) is 0 Å². The number of aliphatic hydroxyl groups excluding tert-OH is 1. The molecule has 2 aromatic heterocycles. The first-order chi connectivity index (χ1) is 9.74. The van der Waals surface area contributed by atoms with Crippen LogP contribution in [0.4, 0.5) is 19.0 Å². The van der Waals surface area contributed by atoms with Crippen molar-refractivity contribution in [2.24, 2.45) is 0 Å². The Morgan fingerprint density at radius 3 is 2.52 bits per heavy atom. The van der Waals surface area contributed by atoms with E-state index in [1.165, 1.54) is 23.6 Å². The van der Waals surface area contributed by atoms with E-state index in [4.69, 9.17) is 10.2 Å². The van der Waals surface area contributed by atoms with E-state index in [-0.39, 0.29) is 5.65 Å². The Morgan fingerprint density at radius 2 is 2.00 bits per heavy atom. The Bertz CT molecular complexity index is 723. The number of rotatable bonds is 3. The monoisotopic (exact) mass is 303 g/mol. The van der Waals surface area contributed by atoms with E-state index < -0.39 is 36.2 Å². The summed E-state index contributed by atoms with van der Waals surface area (Å²) in [6.45, 7) is -0.414. The number of halogens is 3. The van der Waals surface area contributed by atoms with Gasteiger partial charge in [-0.1, -0.05) is 6.07 Å². The van der Waals surface area contributed by atoms with Gasteiger partial charge >= 0.3 is 18.1 Å². The first kappa shape index (κ1) is 14.8. The lowest BCUT2D eigenvalue weighted by molar-refractivity contribution is -0.167. The molecule has 0 aromatic carbocycles. The summed E-state index contributed by atoms with van der Waals surface area (Å²) in [6.07, 6.45) is -3.99. The Morgan fingerprint density at radius 1 is 1.33 bits per heavy atom. The van der Waals surface area contributed by atoms with Gasteiger partial charge in [-0.3, -0.25) is 9.20 Å². The number of alkyl halides is 3. The highest BCUT2D eigenvalue weighted by Gasteiger charge is 2.40. The molecule has 0 aliphatic heterocycles. The van der Waals surface area contributed by atoms with Crippen molar-refractivity contribution in [3.8, 4) is 0 Å². The zero-order chi connectivity index (χ0) is 15.8. The van der Waals surface area contributed by atoms with Gasteiger partial charge in [0.1, 0.15) is 5.65 Å². The maximum atomic E-state index is 12.3. The molecule has 0 bridgehead atoms. The second-order valence-electron chi connectivity index (χ2n) is 3.99. The second kappa shape index (κ2) is 5.05. The molecule has 0 spiro atoms. The number of amides is 1. The van der Waals surface area contributed by atoms with Crippen molar-refractivity contribution in [1.82, 2.24) is 9.38 Å². The highest BCUT2D eigenvalue weighted by atomic mass is 19.4. The van der Waals surface area contributed by atoms with Crippen LogP contribution < -0.4 is 5.32 Å². The van der Waals surface area contributed by atoms with Crippen molar-refractivity contribution < 1.29 is 33.0 Å². The summed E-state index contributed by atoms with van der Waals surface area (Å²) >= 11 is 0. The van der Waals surface area contributed by atoms with E-state index in [0.29, 0.717) is 5.56 Å². The first-order valence-electron chi connectivity index (χ1n) is 5.47. The predicted molar refractivity (Wildman–Crippen MR) is 62.8 cm³/mol. The number of aromatic nitrogens is 2. The maximum absolute atomic E-state index is 12.3. The molecule has 0 saturated carbocycles. The lowest BCUT2D eigenvalue weighted by Gasteiger charge is -2.09. The number of nitrogens with one attached hydrogen (secondary N) is 1. The molecule has 2 aromatic rings. The number of carbonyl (C=O) groups excluding carboxylic acids is 1. The van der Waals surface area contributed by atoms with Crippen LogP contribution in [0.25, 0.3) is 5.65 Å². The van der Waals surface area contributed by atoms with Gasteiger partial charge in [-0.05, 0) is 11.6 Å². The van der Waals surface area contributed by atoms with Crippen LogP contribution in [0.15, 0.2) is 18.3 Å². The van der Waals surface area contributed by atoms with Gasteiger partial charge in [0.05, 0.1) is 6.61 Å². The van der Waals surface area contributed by atoms with E-state index in [0.717, 1.165) is 4.40 Å². The largest absolute Gasteiger partial charge is 0.476 e. The molecule has 21 heavy (non-hydrogen) atoms. The Labute approximate surface area is 114 Å². The molecule has 3 N–H and O–H groups in total. The van der Waals surface area contributed by atoms with E-state index in [9.17, 15) is 22.8 Å². The van der Waals surface area contributed by atoms with E-state index >= 15 is 0 Å². The number of anilines is 1. The summed E-state index contributed by atoms with van der Waals surface area (Å²) < 4.78 is 37.8. The number of fused-ring (bicyclic) bond motifs is 1. The third-order valence-electron chi connectivity index (χ3n) is 2.55. The van der Waals surface area contributed by atoms with Crippen LogP contribution in [-0.4, -0.2) is 37.7 Å². The summed E-state index contributed by atoms with van der Waals surface area (Å²) in [5.74, 6) is -4.54. The van der Waals surface area contributed by atoms with Gasteiger partial charge in [0.2, 0.25) is 0 Å². The molecule has 1 amide bonds. The molecule has 2 rings (SSSR count). The minimum atomic E-state index is -5.17. The number of pyridine rings is 1. The van der Waals surface area contributed by atoms with Crippen LogP contribution in [0.1, 0.15) is 16.1 Å². The lowest BCUT2D eigenvalue weighted by Crippen LogP contribution is -2.31. The molecule has 0 fully saturated rings. The fourth-order valence-electron chi connectivity index (χ4n) is 1.63. The number of nitrogens with zero attached hydrogens (tertiary/aromatic N) is 2. The van der Waals surface area contributed by atoms with E-state index in [2.05, 4.69) is 4.98 Å². The molecule has 0 atom stereocenters. The van der Waals surface area contributed by atoms with Crippen molar-refractivity contribution in [1.29, 1.82) is 0 Å². The molecule has 0 unspecified atom stereocenters. The number of aliphatic hydroxyl groups is 1. The third kappa shape index (κ3) is 2.79. The van der Waals surface area contributed by atoms with Crippen molar-refractivity contribution in [3.63, 3.8) is 0 Å². The number of imidazole rings is 1. The Balaban J connectivity index is 2.60. The minimum absolute atomic E-state index is 0.0158. The van der Waals surface area contributed by atoms with Crippen molar-refractivity contribution in [3.05, 3.63) is 29.6 Å². The summed E-state index contributed by atoms with van der Waals surface area (Å²) in [4.78, 5) is 25.6. The smallest absolute Gasteiger partial charge is 0.471 e. The van der Waals surface area contributed by atoms with Gasteiger partial charge in [0, 0.05) is 6.20 Å². The average molecular weight is 303 g/mol. The van der Waals surface area contributed by atoms with Crippen molar-refractivity contribution >= 4 is 23.3 Å². The highest BCUT2D eigenvalue weighted by molar-refractivity contribution is 6.01. The van der Waals surface area contributed by atoms with Gasteiger partial charge in [-0.15, -0.1) is 0 Å². The second-order valence-corrected chi connectivity index (χ2v) is 3.99. The molecular weight excluding hydrogens is 295 g/mol. The number of carboxylic acids is 1. The van der Waals surface area contributed by atoms with Crippen LogP contribution in [0.3, 0.4) is 0 Å². The van der Waals surface area contributed by atoms with Gasteiger partial charge in [0.15, 0.2) is 11.5 Å². The van der Waals surface area contributed by atoms with E-state index in [1.807, 2.05) is 0 Å². The predicted octanol–water partition coefficient (Wildman–Crippen LogP) is 1.03. The third-order valence-corrected chi connectivity index (χ3v) is 2.55. The SMILES string of the molecule is O=C(O)c1nc2ccc(CO)cn2c1NC(=O)C(F)(F)F.